The molecule has 0 aromatic heterocycles. The van der Waals surface area contributed by atoms with Crippen molar-refractivity contribution in [2.45, 2.75) is 38.4 Å². The van der Waals surface area contributed by atoms with Crippen molar-refractivity contribution in [1.29, 1.82) is 0 Å². The highest BCUT2D eigenvalue weighted by molar-refractivity contribution is 5.61. The Bertz CT molecular complexity index is 481. The van der Waals surface area contributed by atoms with Gasteiger partial charge in [0.25, 0.3) is 0 Å². The Balaban J connectivity index is 2.19. The monoisotopic (exact) mass is 250 g/mol. The van der Waals surface area contributed by atoms with E-state index in [1.54, 1.807) is 13.2 Å². The van der Waals surface area contributed by atoms with E-state index in [2.05, 4.69) is 13.8 Å². The molecular formula is C14H18O4. The Morgan fingerprint density at radius 2 is 2.22 bits per heavy atom. The summed E-state index contributed by atoms with van der Waals surface area (Å²) in [5.41, 5.74) is 1.99. The molecule has 2 aliphatic rings. The number of phenolic OH excluding ortho intramolecular Hbond substituents is 1. The molecule has 0 aliphatic carbocycles. The first-order valence-corrected chi connectivity index (χ1v) is 6.35. The summed E-state index contributed by atoms with van der Waals surface area (Å²) >= 11 is 0. The van der Waals surface area contributed by atoms with Crippen molar-refractivity contribution in [3.63, 3.8) is 0 Å². The molecule has 0 spiro atoms. The van der Waals surface area contributed by atoms with Gasteiger partial charge in [0.05, 0.1) is 19.6 Å². The van der Waals surface area contributed by atoms with E-state index in [-0.39, 0.29) is 23.9 Å². The minimum atomic E-state index is -0.191. The summed E-state index contributed by atoms with van der Waals surface area (Å²) in [5.74, 6) is 2.02. The van der Waals surface area contributed by atoms with Crippen LogP contribution in [0.2, 0.25) is 0 Å². The molecule has 2 aliphatic heterocycles. The van der Waals surface area contributed by atoms with Crippen molar-refractivity contribution >= 4 is 0 Å². The Morgan fingerprint density at radius 1 is 1.44 bits per heavy atom. The summed E-state index contributed by atoms with van der Waals surface area (Å²) in [7, 11) is 1.57. The van der Waals surface area contributed by atoms with E-state index in [1.165, 1.54) is 0 Å². The van der Waals surface area contributed by atoms with Crippen molar-refractivity contribution in [3.8, 4) is 17.2 Å². The van der Waals surface area contributed by atoms with Gasteiger partial charge in [-0.15, -0.1) is 0 Å². The number of aromatic hydroxyl groups is 1. The molecule has 0 amide bonds. The molecule has 0 saturated carbocycles. The third-order valence-corrected chi connectivity index (χ3v) is 3.73. The maximum Gasteiger partial charge on any atom is 0.207 e. The van der Waals surface area contributed by atoms with Gasteiger partial charge in [-0.3, -0.25) is 0 Å². The normalized spacial score (nSPS) is 24.9. The molecule has 18 heavy (non-hydrogen) atoms. The summed E-state index contributed by atoms with van der Waals surface area (Å²) in [4.78, 5) is 0. The first-order valence-electron chi connectivity index (χ1n) is 6.35. The van der Waals surface area contributed by atoms with Crippen LogP contribution in [0.5, 0.6) is 17.2 Å². The van der Waals surface area contributed by atoms with Crippen LogP contribution in [0.15, 0.2) is 6.07 Å². The van der Waals surface area contributed by atoms with Gasteiger partial charge in [0.1, 0.15) is 5.75 Å². The minimum Gasteiger partial charge on any atom is -0.504 e. The number of ether oxygens (including phenoxy) is 3. The summed E-state index contributed by atoms with van der Waals surface area (Å²) in [6.45, 7) is 4.85. The van der Waals surface area contributed by atoms with Gasteiger partial charge in [0.15, 0.2) is 11.5 Å². The van der Waals surface area contributed by atoms with E-state index in [0.29, 0.717) is 5.75 Å². The lowest BCUT2D eigenvalue weighted by Crippen LogP contribution is -2.14. The number of hydrogen-bond donors (Lipinski definition) is 1. The van der Waals surface area contributed by atoms with Crippen LogP contribution in [0, 0.1) is 0 Å². The van der Waals surface area contributed by atoms with Crippen LogP contribution in [0.1, 0.15) is 43.2 Å². The fraction of sp³-hybridized carbons (Fsp3) is 0.571. The van der Waals surface area contributed by atoms with Crippen molar-refractivity contribution in [2.75, 3.05) is 13.7 Å². The Kier molecular flexibility index (Phi) is 2.63. The predicted molar refractivity (Wildman–Crippen MR) is 66.5 cm³/mol. The Hall–Kier alpha value is -1.42. The summed E-state index contributed by atoms with van der Waals surface area (Å²) in [6, 6.07) is 1.76. The van der Waals surface area contributed by atoms with E-state index < -0.39 is 0 Å². The highest BCUT2D eigenvalue weighted by Gasteiger charge is 2.42. The van der Waals surface area contributed by atoms with E-state index >= 15 is 0 Å². The van der Waals surface area contributed by atoms with E-state index in [4.69, 9.17) is 14.2 Å². The Morgan fingerprint density at radius 3 is 2.89 bits per heavy atom. The van der Waals surface area contributed by atoms with Crippen LogP contribution in [0.4, 0.5) is 0 Å². The molecule has 1 saturated heterocycles. The highest BCUT2D eigenvalue weighted by Crippen LogP contribution is 2.53. The summed E-state index contributed by atoms with van der Waals surface area (Å²) in [6.07, 6.45) is 0.755. The van der Waals surface area contributed by atoms with Gasteiger partial charge < -0.3 is 19.3 Å². The molecule has 0 radical (unpaired) electrons. The molecule has 0 bridgehead atoms. The molecule has 1 N–H and O–H groups in total. The second kappa shape index (κ2) is 4.05. The van der Waals surface area contributed by atoms with Crippen LogP contribution < -0.4 is 9.47 Å². The zero-order chi connectivity index (χ0) is 12.9. The average Bonchev–Trinajstić information content (AvgIpc) is 2.88. The maximum absolute atomic E-state index is 10.1. The first kappa shape index (κ1) is 11.7. The van der Waals surface area contributed by atoms with Crippen LogP contribution in [-0.4, -0.2) is 25.1 Å². The number of rotatable bonds is 2. The van der Waals surface area contributed by atoms with Gasteiger partial charge >= 0.3 is 0 Å². The van der Waals surface area contributed by atoms with Gasteiger partial charge in [-0.05, 0) is 18.4 Å². The maximum atomic E-state index is 10.1. The number of hydrogen-bond acceptors (Lipinski definition) is 4. The highest BCUT2D eigenvalue weighted by atomic mass is 16.7. The Labute approximate surface area is 106 Å². The zero-order valence-corrected chi connectivity index (χ0v) is 10.9. The van der Waals surface area contributed by atoms with Gasteiger partial charge in [-0.25, -0.2) is 0 Å². The van der Waals surface area contributed by atoms with E-state index in [9.17, 15) is 5.11 Å². The van der Waals surface area contributed by atoms with E-state index in [1.807, 2.05) is 0 Å². The van der Waals surface area contributed by atoms with Gasteiger partial charge in [-0.1, -0.05) is 13.8 Å². The third-order valence-electron chi connectivity index (χ3n) is 3.73. The lowest BCUT2D eigenvalue weighted by Gasteiger charge is -2.18. The van der Waals surface area contributed by atoms with Gasteiger partial charge in [0, 0.05) is 11.1 Å². The van der Waals surface area contributed by atoms with E-state index in [0.717, 1.165) is 29.9 Å². The molecule has 3 rings (SSSR count). The fourth-order valence-electron chi connectivity index (χ4n) is 2.92. The molecule has 2 atom stereocenters. The lowest BCUT2D eigenvalue weighted by molar-refractivity contribution is -0.0343. The van der Waals surface area contributed by atoms with Crippen LogP contribution >= 0.6 is 0 Å². The van der Waals surface area contributed by atoms with Crippen molar-refractivity contribution < 1.29 is 19.3 Å². The van der Waals surface area contributed by atoms with Gasteiger partial charge in [-0.2, -0.15) is 0 Å². The predicted octanol–water partition coefficient (Wildman–Crippen LogP) is 2.75. The third kappa shape index (κ3) is 1.48. The van der Waals surface area contributed by atoms with Crippen molar-refractivity contribution in [3.05, 3.63) is 17.2 Å². The molecule has 4 heteroatoms. The second-order valence-electron chi connectivity index (χ2n) is 5.17. The fourth-order valence-corrected chi connectivity index (χ4v) is 2.92. The zero-order valence-electron chi connectivity index (χ0n) is 10.9. The summed E-state index contributed by atoms with van der Waals surface area (Å²) < 4.78 is 16.8. The average molecular weight is 250 g/mol. The molecule has 1 aromatic carbocycles. The van der Waals surface area contributed by atoms with Crippen molar-refractivity contribution in [1.82, 2.24) is 0 Å². The lowest BCUT2D eigenvalue weighted by atomic mass is 9.92. The summed E-state index contributed by atoms with van der Waals surface area (Å²) in [5, 5.41) is 10.1. The van der Waals surface area contributed by atoms with Crippen LogP contribution in [-0.2, 0) is 4.74 Å². The molecular weight excluding hydrogens is 232 g/mol. The van der Waals surface area contributed by atoms with Gasteiger partial charge in [0.2, 0.25) is 6.29 Å². The molecule has 1 fully saturated rings. The largest absolute Gasteiger partial charge is 0.504 e. The topological polar surface area (TPSA) is 47.9 Å². The second-order valence-corrected chi connectivity index (χ2v) is 5.17. The minimum absolute atomic E-state index is 0.191. The van der Waals surface area contributed by atoms with Crippen LogP contribution in [0.25, 0.3) is 0 Å². The smallest absolute Gasteiger partial charge is 0.207 e. The number of fused-ring (bicyclic) bond motifs is 3. The molecule has 98 valence electrons. The van der Waals surface area contributed by atoms with Crippen LogP contribution in [0.3, 0.4) is 0 Å². The molecule has 2 heterocycles. The molecule has 0 unspecified atom stereocenters. The first-order chi connectivity index (χ1) is 8.63. The molecule has 1 aromatic rings. The number of phenols is 1. The number of methoxy groups -OCH3 is 1. The van der Waals surface area contributed by atoms with Crippen molar-refractivity contribution in [2.24, 2.45) is 0 Å². The number of benzene rings is 1. The molecule has 4 nitrogen and oxygen atoms in total. The quantitative estimate of drug-likeness (QED) is 0.876. The standard InChI is InChI=1S/C14H18O4/c1-7(2)11-12-9(6-10(15)13(11)16-3)8-4-5-17-14(8)18-12/h6-8,14-15H,4-5H2,1-3H3/t8-,14+/m1/s1. The SMILES string of the molecule is COc1c(O)cc2c(c1C(C)C)O[C@@H]1OCC[C@H]21.